The molecule has 1 atom stereocenters. The number of aryl methyl sites for hydroxylation is 1. The average Bonchev–Trinajstić information content (AvgIpc) is 3.62. The molecule has 9 heteroatoms. The number of imidazole rings is 1. The molecule has 5 aromatic heterocycles. The fourth-order valence-electron chi connectivity index (χ4n) is 4.59. The Labute approximate surface area is 218 Å². The van der Waals surface area contributed by atoms with Crippen molar-refractivity contribution >= 4 is 22.9 Å². The molecule has 1 amide bonds. The van der Waals surface area contributed by atoms with Crippen molar-refractivity contribution in [3.63, 3.8) is 0 Å². The topological polar surface area (TPSA) is 108 Å². The molecule has 9 nitrogen and oxygen atoms in total. The number of nitrogens with zero attached hydrogens (tertiary/aromatic N) is 6. The summed E-state index contributed by atoms with van der Waals surface area (Å²) < 4.78 is 5.35. The molecule has 3 N–H and O–H groups in total. The van der Waals surface area contributed by atoms with Crippen LogP contribution < -0.4 is 11.1 Å². The van der Waals surface area contributed by atoms with Gasteiger partial charge in [0.2, 0.25) is 0 Å². The Balaban J connectivity index is 1.45. The second-order valence-corrected chi connectivity index (χ2v) is 8.95. The van der Waals surface area contributed by atoms with E-state index in [2.05, 4.69) is 27.4 Å². The van der Waals surface area contributed by atoms with Crippen LogP contribution in [0.15, 0.2) is 85.3 Å². The van der Waals surface area contributed by atoms with Gasteiger partial charge in [-0.25, -0.2) is 9.50 Å². The van der Waals surface area contributed by atoms with Gasteiger partial charge in [0.25, 0.3) is 5.91 Å². The lowest BCUT2D eigenvalue weighted by Gasteiger charge is -2.15. The van der Waals surface area contributed by atoms with Crippen LogP contribution in [0.5, 0.6) is 0 Å². The largest absolute Gasteiger partial charge is 0.382 e. The SMILES string of the molecule is C[C@H](NC(=O)c1c(N)nn2ccccc12)c1nc2cccc(C#Cc3cnn(C)c3)n2c1-c1ccccc1. The van der Waals surface area contributed by atoms with Crippen LogP contribution in [0.3, 0.4) is 0 Å². The zero-order valence-electron chi connectivity index (χ0n) is 20.8. The zero-order chi connectivity index (χ0) is 26.2. The van der Waals surface area contributed by atoms with Crippen LogP contribution in [0.2, 0.25) is 0 Å². The summed E-state index contributed by atoms with van der Waals surface area (Å²) in [5.41, 5.74) is 12.0. The maximum absolute atomic E-state index is 13.4. The first-order chi connectivity index (χ1) is 18.5. The highest BCUT2D eigenvalue weighted by atomic mass is 16.1. The summed E-state index contributed by atoms with van der Waals surface area (Å²) in [7, 11) is 1.86. The second-order valence-electron chi connectivity index (χ2n) is 8.95. The van der Waals surface area contributed by atoms with Crippen molar-refractivity contribution in [2.45, 2.75) is 13.0 Å². The minimum absolute atomic E-state index is 0.173. The normalized spacial score (nSPS) is 11.8. The monoisotopic (exact) mass is 500 g/mol. The smallest absolute Gasteiger partial charge is 0.257 e. The number of amides is 1. The molecule has 6 aromatic rings. The van der Waals surface area contributed by atoms with Gasteiger partial charge in [0.1, 0.15) is 11.2 Å². The predicted octanol–water partition coefficient (Wildman–Crippen LogP) is 3.86. The first kappa shape index (κ1) is 23.1. The minimum Gasteiger partial charge on any atom is -0.382 e. The summed E-state index contributed by atoms with van der Waals surface area (Å²) in [6, 6.07) is 20.8. The fraction of sp³-hybridized carbons (Fsp3) is 0.103. The Bertz CT molecular complexity index is 1870. The van der Waals surface area contributed by atoms with E-state index in [4.69, 9.17) is 10.7 Å². The van der Waals surface area contributed by atoms with Crippen molar-refractivity contribution in [3.05, 3.63) is 108 Å². The van der Waals surface area contributed by atoms with Gasteiger partial charge >= 0.3 is 0 Å². The number of hydrogen-bond donors (Lipinski definition) is 2. The molecule has 186 valence electrons. The third-order valence-corrected chi connectivity index (χ3v) is 6.31. The molecule has 0 unspecified atom stereocenters. The van der Waals surface area contributed by atoms with Gasteiger partial charge in [0.05, 0.1) is 40.4 Å². The number of rotatable bonds is 4. The predicted molar refractivity (Wildman–Crippen MR) is 145 cm³/mol. The molecule has 5 heterocycles. The Morgan fingerprint density at radius 2 is 1.84 bits per heavy atom. The van der Waals surface area contributed by atoms with Crippen molar-refractivity contribution in [2.75, 3.05) is 5.73 Å². The van der Waals surface area contributed by atoms with E-state index in [1.54, 1.807) is 21.6 Å². The quantitative estimate of drug-likeness (QED) is 0.358. The molecule has 0 spiro atoms. The number of carbonyl (C=O) groups is 1. The van der Waals surface area contributed by atoms with Gasteiger partial charge in [0, 0.05) is 25.0 Å². The second kappa shape index (κ2) is 9.26. The van der Waals surface area contributed by atoms with E-state index < -0.39 is 6.04 Å². The number of carbonyl (C=O) groups excluding carboxylic acids is 1. The highest BCUT2D eigenvalue weighted by molar-refractivity contribution is 6.05. The van der Waals surface area contributed by atoms with Gasteiger partial charge in [-0.3, -0.25) is 13.9 Å². The van der Waals surface area contributed by atoms with Gasteiger partial charge in [0.15, 0.2) is 5.82 Å². The van der Waals surface area contributed by atoms with Crippen molar-refractivity contribution in [2.24, 2.45) is 7.05 Å². The number of pyridine rings is 2. The molecule has 6 rings (SSSR count). The number of nitrogens with two attached hydrogens (primary N) is 1. The molecule has 38 heavy (non-hydrogen) atoms. The third-order valence-electron chi connectivity index (χ3n) is 6.31. The number of nitrogens with one attached hydrogen (secondary N) is 1. The van der Waals surface area contributed by atoms with Gasteiger partial charge < -0.3 is 11.1 Å². The first-order valence-electron chi connectivity index (χ1n) is 12.1. The van der Waals surface area contributed by atoms with E-state index in [1.807, 2.05) is 91.3 Å². The molecule has 0 aliphatic carbocycles. The van der Waals surface area contributed by atoms with Crippen molar-refractivity contribution < 1.29 is 4.79 Å². The summed E-state index contributed by atoms with van der Waals surface area (Å²) in [6.07, 6.45) is 5.36. The number of aromatic nitrogens is 6. The Kier molecular flexibility index (Phi) is 5.62. The fourth-order valence-corrected chi connectivity index (χ4v) is 4.59. The maximum atomic E-state index is 13.4. The number of benzene rings is 1. The van der Waals surface area contributed by atoms with Gasteiger partial charge in [-0.05, 0) is 37.1 Å². The van der Waals surface area contributed by atoms with E-state index >= 15 is 0 Å². The zero-order valence-corrected chi connectivity index (χ0v) is 20.8. The lowest BCUT2D eigenvalue weighted by atomic mass is 10.1. The van der Waals surface area contributed by atoms with Crippen molar-refractivity contribution in [1.82, 2.24) is 34.1 Å². The summed E-state index contributed by atoms with van der Waals surface area (Å²) in [6.45, 7) is 1.91. The molecule has 0 aliphatic rings. The molecule has 0 aliphatic heterocycles. The van der Waals surface area contributed by atoms with E-state index in [1.165, 1.54) is 0 Å². The Hall–Kier alpha value is -5.36. The average molecular weight is 501 g/mol. The van der Waals surface area contributed by atoms with Crippen LogP contribution in [0.25, 0.3) is 22.4 Å². The van der Waals surface area contributed by atoms with Crippen molar-refractivity contribution in [3.8, 4) is 23.1 Å². The van der Waals surface area contributed by atoms with Gasteiger partial charge in [-0.15, -0.1) is 5.10 Å². The van der Waals surface area contributed by atoms with E-state index in [0.717, 1.165) is 33.9 Å². The number of nitrogen functional groups attached to an aromatic ring is 1. The number of anilines is 1. The molecular weight excluding hydrogens is 476 g/mol. The standard InChI is InChI=1S/C29H24N8O/c1-19(32-29(38)25-23-12-6-7-16-36(23)34-28(25)30)26-27(21-9-4-3-5-10-21)37-22(11-8-13-24(37)33-26)15-14-20-17-31-35(2)18-20/h3-13,16-19H,1-2H3,(H2,30,34)(H,32,38)/t19-/m0/s1. The summed E-state index contributed by atoms with van der Waals surface area (Å²) >= 11 is 0. The van der Waals surface area contributed by atoms with Crippen LogP contribution in [0.4, 0.5) is 5.82 Å². The molecule has 0 fully saturated rings. The lowest BCUT2D eigenvalue weighted by molar-refractivity contribution is 0.0942. The number of hydrogen-bond acceptors (Lipinski definition) is 5. The van der Waals surface area contributed by atoms with Crippen LogP contribution in [0.1, 0.15) is 40.3 Å². The molecule has 0 bridgehead atoms. The van der Waals surface area contributed by atoms with Crippen LogP contribution in [-0.4, -0.2) is 34.7 Å². The lowest BCUT2D eigenvalue weighted by Crippen LogP contribution is -2.27. The van der Waals surface area contributed by atoms with Crippen molar-refractivity contribution in [1.29, 1.82) is 0 Å². The van der Waals surface area contributed by atoms with E-state index in [9.17, 15) is 4.79 Å². The molecule has 0 saturated heterocycles. The molecule has 0 saturated carbocycles. The minimum atomic E-state index is -0.435. The summed E-state index contributed by atoms with van der Waals surface area (Å²) in [5, 5.41) is 11.6. The maximum Gasteiger partial charge on any atom is 0.257 e. The third kappa shape index (κ3) is 4.04. The van der Waals surface area contributed by atoms with Crippen LogP contribution in [-0.2, 0) is 7.05 Å². The Morgan fingerprint density at radius 1 is 1.03 bits per heavy atom. The summed E-state index contributed by atoms with van der Waals surface area (Å²) in [4.78, 5) is 18.3. The molecule has 1 aromatic carbocycles. The highest BCUT2D eigenvalue weighted by Gasteiger charge is 2.25. The van der Waals surface area contributed by atoms with Gasteiger partial charge in [-0.2, -0.15) is 5.10 Å². The van der Waals surface area contributed by atoms with E-state index in [-0.39, 0.29) is 11.7 Å². The highest BCUT2D eigenvalue weighted by Crippen LogP contribution is 2.31. The van der Waals surface area contributed by atoms with E-state index in [0.29, 0.717) is 11.1 Å². The van der Waals surface area contributed by atoms with Crippen LogP contribution in [0, 0.1) is 11.8 Å². The van der Waals surface area contributed by atoms with Crippen LogP contribution >= 0.6 is 0 Å². The Morgan fingerprint density at radius 3 is 2.63 bits per heavy atom. The first-order valence-corrected chi connectivity index (χ1v) is 12.1. The molecular formula is C29H24N8O. The van der Waals surface area contributed by atoms with Gasteiger partial charge in [-0.1, -0.05) is 48.4 Å². The summed E-state index contributed by atoms with van der Waals surface area (Å²) in [5.74, 6) is 6.32. The number of fused-ring (bicyclic) bond motifs is 2. The molecule has 0 radical (unpaired) electrons.